The molecular formula is C31H25N3O9S. The Hall–Kier alpha value is -5.30. The van der Waals surface area contributed by atoms with Gasteiger partial charge in [-0.05, 0) is 28.8 Å². The highest BCUT2D eigenvalue weighted by Crippen LogP contribution is 2.49. The molecule has 44 heavy (non-hydrogen) atoms. The number of aliphatic imine (C=N–C) groups is 1. The van der Waals surface area contributed by atoms with E-state index in [0.717, 1.165) is 22.9 Å². The first-order valence-electron chi connectivity index (χ1n) is 13.3. The first-order chi connectivity index (χ1) is 21.1. The quantitative estimate of drug-likeness (QED) is 0.0883. The molecule has 12 nitrogen and oxygen atoms in total. The number of hydrogen-bond donors (Lipinski definition) is 1. The van der Waals surface area contributed by atoms with Crippen LogP contribution in [-0.2, 0) is 28.7 Å². The minimum atomic E-state index is -2.27. The van der Waals surface area contributed by atoms with Gasteiger partial charge in [0.1, 0.15) is 17.7 Å². The summed E-state index contributed by atoms with van der Waals surface area (Å²) in [6.45, 7) is 0.895. The first kappa shape index (κ1) is 30.2. The number of aliphatic carboxylic acids is 1. The molecule has 0 saturated carbocycles. The third-order valence-electron chi connectivity index (χ3n) is 7.05. The Kier molecular flexibility index (Phi) is 8.58. The first-order valence-corrected chi connectivity index (χ1v) is 14.3. The zero-order chi connectivity index (χ0) is 31.4. The van der Waals surface area contributed by atoms with Crippen LogP contribution in [0.15, 0.2) is 101 Å². The minimum absolute atomic E-state index is 0.0512. The van der Waals surface area contributed by atoms with Crippen molar-refractivity contribution in [1.29, 1.82) is 0 Å². The summed E-state index contributed by atoms with van der Waals surface area (Å²) in [6, 6.07) is 23.2. The maximum Gasteiger partial charge on any atom is 0.356 e. The van der Waals surface area contributed by atoms with Crippen LogP contribution in [0, 0.1) is 10.1 Å². The number of carboxylic acids is 1. The van der Waals surface area contributed by atoms with Crippen LogP contribution in [0.1, 0.15) is 29.7 Å². The lowest BCUT2D eigenvalue weighted by atomic mass is 9.86. The zero-order valence-electron chi connectivity index (χ0n) is 23.2. The summed E-state index contributed by atoms with van der Waals surface area (Å²) in [5.74, 6) is -3.97. The van der Waals surface area contributed by atoms with Gasteiger partial charge in [-0.15, -0.1) is 11.8 Å². The Bertz CT molecular complexity index is 1640. The van der Waals surface area contributed by atoms with Crippen LogP contribution in [-0.4, -0.2) is 68.2 Å². The van der Waals surface area contributed by atoms with E-state index < -0.39 is 45.8 Å². The summed E-state index contributed by atoms with van der Waals surface area (Å²) in [5.41, 5.74) is -0.707. The van der Waals surface area contributed by atoms with E-state index in [1.54, 1.807) is 48.5 Å². The second-order valence-corrected chi connectivity index (χ2v) is 10.9. The average molecular weight is 616 g/mol. The van der Waals surface area contributed by atoms with Crippen molar-refractivity contribution in [2.24, 2.45) is 4.99 Å². The van der Waals surface area contributed by atoms with Gasteiger partial charge in [0.15, 0.2) is 6.10 Å². The SMILES string of the molecule is CC(=O)OCC1=C(C(=O)OC(c2ccccc2)c2ccccc2)N2C(=O)[C@@](N=Cc3ccc([N+](=O)[O-])cc3)(C(=O)O)[C@H]2SC1. The molecule has 0 aromatic heterocycles. The van der Waals surface area contributed by atoms with Gasteiger partial charge >= 0.3 is 17.9 Å². The Morgan fingerprint density at radius 3 is 2.18 bits per heavy atom. The largest absolute Gasteiger partial charge is 0.479 e. The van der Waals surface area contributed by atoms with Gasteiger partial charge < -0.3 is 14.6 Å². The number of fused-ring (bicyclic) bond motifs is 1. The van der Waals surface area contributed by atoms with Crippen LogP contribution in [0.3, 0.4) is 0 Å². The zero-order valence-corrected chi connectivity index (χ0v) is 24.0. The number of esters is 2. The Morgan fingerprint density at radius 2 is 1.66 bits per heavy atom. The molecule has 0 bridgehead atoms. The number of hydrogen-bond acceptors (Lipinski definition) is 10. The molecule has 1 N–H and O–H groups in total. The molecule has 2 aliphatic heterocycles. The molecule has 0 unspecified atom stereocenters. The number of β-lactam (4-membered cyclic amide) rings is 1. The summed E-state index contributed by atoms with van der Waals surface area (Å²) < 4.78 is 11.2. The summed E-state index contributed by atoms with van der Waals surface area (Å²) in [4.78, 5) is 67.4. The van der Waals surface area contributed by atoms with Gasteiger partial charge in [0.25, 0.3) is 17.1 Å². The summed E-state index contributed by atoms with van der Waals surface area (Å²) >= 11 is 1.05. The van der Waals surface area contributed by atoms with Crippen molar-refractivity contribution in [2.75, 3.05) is 12.4 Å². The van der Waals surface area contributed by atoms with Crippen LogP contribution in [0.2, 0.25) is 0 Å². The smallest absolute Gasteiger partial charge is 0.356 e. The minimum Gasteiger partial charge on any atom is -0.479 e. The Labute approximate surface area is 255 Å². The molecule has 0 aliphatic carbocycles. The lowest BCUT2D eigenvalue weighted by Crippen LogP contribution is -2.76. The van der Waals surface area contributed by atoms with Gasteiger partial charge in [0, 0.05) is 36.6 Å². The highest BCUT2D eigenvalue weighted by Gasteiger charge is 2.70. The van der Waals surface area contributed by atoms with E-state index in [-0.39, 0.29) is 29.3 Å². The summed E-state index contributed by atoms with van der Waals surface area (Å²) in [5, 5.41) is 20.1. The summed E-state index contributed by atoms with van der Waals surface area (Å²) in [7, 11) is 0. The molecule has 0 radical (unpaired) electrons. The van der Waals surface area contributed by atoms with Gasteiger partial charge in [-0.3, -0.25) is 29.6 Å². The standard InChI is InChI=1S/C31H25N3O9S/c1-19(35)42-17-23-18-44-29-31(30(38)39,32-16-20-12-14-24(15-13-20)34(40)41)28(37)33(29)25(23)27(36)43-26(21-8-4-2-5-9-21)22-10-6-3-7-11-22/h2-16,26,29H,17-18H2,1H3,(H,38,39)/t29-,31+/m1/s1. The third-order valence-corrected chi connectivity index (χ3v) is 8.43. The molecule has 13 heteroatoms. The fourth-order valence-electron chi connectivity index (χ4n) is 4.87. The number of carboxylic acid groups (broad SMARTS) is 1. The maximum absolute atomic E-state index is 13.9. The van der Waals surface area contributed by atoms with Crippen molar-refractivity contribution in [3.8, 4) is 0 Å². The third kappa shape index (κ3) is 5.69. The second-order valence-electron chi connectivity index (χ2n) is 9.86. The van der Waals surface area contributed by atoms with Gasteiger partial charge in [-0.2, -0.15) is 0 Å². The molecule has 1 amide bonds. The van der Waals surface area contributed by atoms with Crippen LogP contribution in [0.4, 0.5) is 5.69 Å². The predicted octanol–water partition coefficient (Wildman–Crippen LogP) is 3.90. The Morgan fingerprint density at radius 1 is 1.07 bits per heavy atom. The number of carbonyl (C=O) groups is 4. The van der Waals surface area contributed by atoms with E-state index in [1.165, 1.54) is 31.2 Å². The van der Waals surface area contributed by atoms with Crippen molar-refractivity contribution < 1.29 is 38.7 Å². The van der Waals surface area contributed by atoms with E-state index in [0.29, 0.717) is 16.7 Å². The van der Waals surface area contributed by atoms with Crippen molar-refractivity contribution >= 4 is 47.5 Å². The van der Waals surface area contributed by atoms with Crippen molar-refractivity contribution in [1.82, 2.24) is 4.90 Å². The van der Waals surface area contributed by atoms with Gasteiger partial charge in [-0.1, -0.05) is 60.7 Å². The van der Waals surface area contributed by atoms with E-state index >= 15 is 0 Å². The predicted molar refractivity (Wildman–Crippen MR) is 159 cm³/mol. The average Bonchev–Trinajstić information content (AvgIpc) is 3.03. The van der Waals surface area contributed by atoms with Crippen LogP contribution in [0.5, 0.6) is 0 Å². The number of non-ortho nitro benzene ring substituents is 1. The molecule has 2 aliphatic rings. The van der Waals surface area contributed by atoms with Crippen molar-refractivity contribution in [3.63, 3.8) is 0 Å². The van der Waals surface area contributed by atoms with Crippen LogP contribution >= 0.6 is 11.8 Å². The van der Waals surface area contributed by atoms with Crippen LogP contribution < -0.4 is 0 Å². The van der Waals surface area contributed by atoms with Crippen molar-refractivity contribution in [2.45, 2.75) is 23.9 Å². The van der Waals surface area contributed by atoms with E-state index in [1.807, 2.05) is 12.1 Å². The number of nitrogens with zero attached hydrogens (tertiary/aromatic N) is 3. The number of benzene rings is 3. The molecule has 1 saturated heterocycles. The van der Waals surface area contributed by atoms with E-state index in [9.17, 15) is 34.4 Å². The molecular weight excluding hydrogens is 590 g/mol. The van der Waals surface area contributed by atoms with E-state index in [2.05, 4.69) is 4.99 Å². The highest BCUT2D eigenvalue weighted by atomic mass is 32.2. The number of amides is 1. The van der Waals surface area contributed by atoms with Gasteiger partial charge in [0.2, 0.25) is 0 Å². The lowest BCUT2D eigenvalue weighted by Gasteiger charge is -2.53. The molecule has 0 spiro atoms. The molecule has 224 valence electrons. The number of ether oxygens (including phenoxy) is 2. The molecule has 5 rings (SSSR count). The van der Waals surface area contributed by atoms with Crippen molar-refractivity contribution in [3.05, 3.63) is 123 Å². The molecule has 2 atom stereocenters. The molecule has 3 aromatic rings. The number of nitro groups is 1. The number of rotatable bonds is 10. The topological polar surface area (TPSA) is 166 Å². The van der Waals surface area contributed by atoms with Gasteiger partial charge in [-0.25, -0.2) is 9.59 Å². The van der Waals surface area contributed by atoms with E-state index in [4.69, 9.17) is 9.47 Å². The Balaban J connectivity index is 1.50. The molecule has 2 heterocycles. The monoisotopic (exact) mass is 615 g/mol. The number of carbonyl (C=O) groups excluding carboxylic acids is 3. The van der Waals surface area contributed by atoms with Gasteiger partial charge in [0.05, 0.1) is 4.92 Å². The normalized spacial score (nSPS) is 19.4. The maximum atomic E-state index is 13.9. The fraction of sp³-hybridized carbons (Fsp3) is 0.194. The lowest BCUT2D eigenvalue weighted by molar-refractivity contribution is -0.384. The number of nitro benzene ring substituents is 1. The summed E-state index contributed by atoms with van der Waals surface area (Å²) in [6.07, 6.45) is 0.297. The second kappa shape index (κ2) is 12.5. The fourth-order valence-corrected chi connectivity index (χ4v) is 6.30. The van der Waals surface area contributed by atoms with Crippen LogP contribution in [0.25, 0.3) is 0 Å². The molecule has 3 aromatic carbocycles. The molecule has 1 fully saturated rings. The number of thioether (sulfide) groups is 1. The highest BCUT2D eigenvalue weighted by molar-refractivity contribution is 8.00.